The van der Waals surface area contributed by atoms with Gasteiger partial charge in [0, 0.05) is 23.7 Å². The van der Waals surface area contributed by atoms with Crippen LogP contribution in [0.25, 0.3) is 0 Å². The van der Waals surface area contributed by atoms with Crippen molar-refractivity contribution in [2.75, 3.05) is 5.32 Å². The summed E-state index contributed by atoms with van der Waals surface area (Å²) in [4.78, 5) is 17.7. The lowest BCUT2D eigenvalue weighted by Crippen LogP contribution is -2.28. The number of carbonyl (C=O) groups excluding carboxylic acids is 1. The SMILES string of the molecule is O=C(Nc1cccc(S(=O)(=O)NC2CC2)c1)[C@@H]1CC(c2cccc(F)c2)=NO1. The summed E-state index contributed by atoms with van der Waals surface area (Å²) in [5.41, 5.74) is 1.37. The second-order valence-corrected chi connectivity index (χ2v) is 8.47. The van der Waals surface area contributed by atoms with Crippen molar-refractivity contribution in [1.29, 1.82) is 0 Å². The highest BCUT2D eigenvalue weighted by Gasteiger charge is 2.30. The first-order valence-electron chi connectivity index (χ1n) is 8.82. The van der Waals surface area contributed by atoms with Gasteiger partial charge in [0.05, 0.1) is 10.6 Å². The van der Waals surface area contributed by atoms with Gasteiger partial charge in [-0.2, -0.15) is 0 Å². The van der Waals surface area contributed by atoms with Crippen LogP contribution in [0, 0.1) is 5.82 Å². The molecule has 2 aromatic rings. The molecule has 2 N–H and O–H groups in total. The van der Waals surface area contributed by atoms with Crippen LogP contribution in [0.4, 0.5) is 10.1 Å². The van der Waals surface area contributed by atoms with Crippen LogP contribution in [-0.4, -0.2) is 32.2 Å². The van der Waals surface area contributed by atoms with Crippen molar-refractivity contribution in [3.05, 3.63) is 59.9 Å². The second kappa shape index (κ2) is 7.33. The summed E-state index contributed by atoms with van der Waals surface area (Å²) in [6.45, 7) is 0. The van der Waals surface area contributed by atoms with E-state index in [4.69, 9.17) is 4.84 Å². The van der Waals surface area contributed by atoms with E-state index in [0.29, 0.717) is 17.0 Å². The number of rotatable bonds is 6. The van der Waals surface area contributed by atoms with E-state index in [-0.39, 0.29) is 17.4 Å². The van der Waals surface area contributed by atoms with Crippen LogP contribution in [0.1, 0.15) is 24.8 Å². The third kappa shape index (κ3) is 4.20. The van der Waals surface area contributed by atoms with Crippen LogP contribution in [0.5, 0.6) is 0 Å². The number of sulfonamides is 1. The van der Waals surface area contributed by atoms with Crippen molar-refractivity contribution in [3.8, 4) is 0 Å². The molecule has 1 saturated carbocycles. The molecular formula is C19H18FN3O4S. The molecule has 146 valence electrons. The predicted octanol–water partition coefficient (Wildman–Crippen LogP) is 2.40. The number of benzene rings is 2. The third-order valence-electron chi connectivity index (χ3n) is 4.43. The summed E-state index contributed by atoms with van der Waals surface area (Å²) in [6, 6.07) is 11.9. The van der Waals surface area contributed by atoms with Crippen LogP contribution in [-0.2, 0) is 19.7 Å². The highest BCUT2D eigenvalue weighted by Crippen LogP contribution is 2.24. The number of amides is 1. The summed E-state index contributed by atoms with van der Waals surface area (Å²) in [6.07, 6.45) is 0.990. The second-order valence-electron chi connectivity index (χ2n) is 6.76. The van der Waals surface area contributed by atoms with Gasteiger partial charge in [-0.05, 0) is 43.2 Å². The van der Waals surface area contributed by atoms with Gasteiger partial charge < -0.3 is 10.2 Å². The molecule has 1 amide bonds. The van der Waals surface area contributed by atoms with Crippen LogP contribution < -0.4 is 10.0 Å². The van der Waals surface area contributed by atoms with E-state index in [1.165, 1.54) is 24.3 Å². The van der Waals surface area contributed by atoms with Gasteiger partial charge in [-0.15, -0.1) is 0 Å². The Morgan fingerprint density at radius 3 is 2.68 bits per heavy atom. The Morgan fingerprint density at radius 2 is 1.93 bits per heavy atom. The average molecular weight is 403 g/mol. The van der Waals surface area contributed by atoms with Crippen molar-refractivity contribution in [2.24, 2.45) is 5.16 Å². The maximum absolute atomic E-state index is 13.4. The molecule has 9 heteroatoms. The van der Waals surface area contributed by atoms with Crippen molar-refractivity contribution in [3.63, 3.8) is 0 Å². The van der Waals surface area contributed by atoms with Crippen LogP contribution in [0.2, 0.25) is 0 Å². The molecule has 0 spiro atoms. The van der Waals surface area contributed by atoms with Gasteiger partial charge in [-0.1, -0.05) is 23.4 Å². The van der Waals surface area contributed by atoms with Gasteiger partial charge in [-0.25, -0.2) is 17.5 Å². The van der Waals surface area contributed by atoms with Gasteiger partial charge in [0.1, 0.15) is 5.82 Å². The molecule has 1 aliphatic heterocycles. The fraction of sp³-hybridized carbons (Fsp3) is 0.263. The molecule has 4 rings (SSSR count). The van der Waals surface area contributed by atoms with Gasteiger partial charge >= 0.3 is 0 Å². The maximum atomic E-state index is 13.4. The van der Waals surface area contributed by atoms with E-state index >= 15 is 0 Å². The monoisotopic (exact) mass is 403 g/mol. The van der Waals surface area contributed by atoms with Crippen LogP contribution in [0.15, 0.2) is 58.6 Å². The van der Waals surface area contributed by atoms with Crippen molar-refractivity contribution < 1.29 is 22.4 Å². The molecule has 0 unspecified atom stereocenters. The molecule has 2 aromatic carbocycles. The quantitative estimate of drug-likeness (QED) is 0.774. The first-order valence-corrected chi connectivity index (χ1v) is 10.3. The minimum Gasteiger partial charge on any atom is -0.382 e. The Balaban J connectivity index is 1.41. The molecule has 1 aliphatic carbocycles. The van der Waals surface area contributed by atoms with E-state index < -0.39 is 27.9 Å². The molecule has 1 atom stereocenters. The zero-order valence-corrected chi connectivity index (χ0v) is 15.6. The minimum absolute atomic E-state index is 0.00599. The average Bonchev–Trinajstić information content (AvgIpc) is 3.32. The van der Waals surface area contributed by atoms with E-state index in [9.17, 15) is 17.6 Å². The Bertz CT molecular complexity index is 1050. The fourth-order valence-electron chi connectivity index (χ4n) is 2.81. The minimum atomic E-state index is -3.61. The molecule has 0 saturated heterocycles. The maximum Gasteiger partial charge on any atom is 0.268 e. The summed E-state index contributed by atoms with van der Waals surface area (Å²) in [5.74, 6) is -0.856. The smallest absolute Gasteiger partial charge is 0.268 e. The predicted molar refractivity (Wildman–Crippen MR) is 101 cm³/mol. The highest BCUT2D eigenvalue weighted by atomic mass is 32.2. The Hall–Kier alpha value is -2.78. The lowest BCUT2D eigenvalue weighted by atomic mass is 10.0. The number of hydrogen-bond acceptors (Lipinski definition) is 5. The first-order chi connectivity index (χ1) is 13.4. The van der Waals surface area contributed by atoms with E-state index in [2.05, 4.69) is 15.2 Å². The van der Waals surface area contributed by atoms with Gasteiger partial charge in [0.15, 0.2) is 0 Å². The number of nitrogens with one attached hydrogen (secondary N) is 2. The molecule has 0 aromatic heterocycles. The molecule has 2 aliphatic rings. The topological polar surface area (TPSA) is 96.9 Å². The lowest BCUT2D eigenvalue weighted by molar-refractivity contribution is -0.125. The van der Waals surface area contributed by atoms with Crippen molar-refractivity contribution >= 4 is 27.3 Å². The number of hydrogen-bond donors (Lipinski definition) is 2. The first kappa shape index (κ1) is 18.6. The van der Waals surface area contributed by atoms with E-state index in [1.54, 1.807) is 24.3 Å². The molecule has 1 heterocycles. The van der Waals surface area contributed by atoms with Gasteiger partial charge in [0.2, 0.25) is 16.1 Å². The summed E-state index contributed by atoms with van der Waals surface area (Å²) in [5, 5.41) is 6.52. The molecule has 0 radical (unpaired) electrons. The zero-order chi connectivity index (χ0) is 19.7. The normalized spacial score (nSPS) is 19.0. The van der Waals surface area contributed by atoms with Crippen LogP contribution >= 0.6 is 0 Å². The number of anilines is 1. The van der Waals surface area contributed by atoms with Crippen LogP contribution in [0.3, 0.4) is 0 Å². The number of halogens is 1. The largest absolute Gasteiger partial charge is 0.382 e. The standard InChI is InChI=1S/C19H18FN3O4S/c20-13-4-1-3-12(9-13)17-11-18(27-22-17)19(24)21-15-5-2-6-16(10-15)28(25,26)23-14-7-8-14/h1-6,9-10,14,18,23H,7-8,11H2,(H,21,24)/t18-/m0/s1. The Labute approximate surface area is 161 Å². The molecule has 28 heavy (non-hydrogen) atoms. The summed E-state index contributed by atoms with van der Waals surface area (Å²) >= 11 is 0. The molecule has 0 bridgehead atoms. The number of oxime groups is 1. The molecule has 1 fully saturated rings. The summed E-state index contributed by atoms with van der Waals surface area (Å²) < 4.78 is 40.6. The fourth-order valence-corrected chi connectivity index (χ4v) is 4.16. The van der Waals surface area contributed by atoms with Gasteiger partial charge in [-0.3, -0.25) is 4.79 Å². The molecule has 7 nitrogen and oxygen atoms in total. The number of carbonyl (C=O) groups is 1. The molecular weight excluding hydrogens is 385 g/mol. The van der Waals surface area contributed by atoms with Crippen molar-refractivity contribution in [1.82, 2.24) is 4.72 Å². The van der Waals surface area contributed by atoms with Crippen molar-refractivity contribution in [2.45, 2.75) is 36.3 Å². The van der Waals surface area contributed by atoms with E-state index in [1.807, 2.05) is 0 Å². The third-order valence-corrected chi connectivity index (χ3v) is 5.95. The summed E-state index contributed by atoms with van der Waals surface area (Å²) in [7, 11) is -3.61. The van der Waals surface area contributed by atoms with E-state index in [0.717, 1.165) is 12.8 Å². The highest BCUT2D eigenvalue weighted by molar-refractivity contribution is 7.89. The number of nitrogens with zero attached hydrogens (tertiary/aromatic N) is 1. The van der Waals surface area contributed by atoms with Gasteiger partial charge in [0.25, 0.3) is 5.91 Å². The Morgan fingerprint density at radius 1 is 1.14 bits per heavy atom. The Kier molecular flexibility index (Phi) is 4.86. The zero-order valence-electron chi connectivity index (χ0n) is 14.8. The lowest BCUT2D eigenvalue weighted by Gasteiger charge is -2.11.